The summed E-state index contributed by atoms with van der Waals surface area (Å²) in [7, 11) is -6.00. The summed E-state index contributed by atoms with van der Waals surface area (Å²) in [5.41, 5.74) is 0.848. The van der Waals surface area contributed by atoms with Crippen LogP contribution >= 0.6 is 0 Å². The Hall–Kier alpha value is -2.18. The van der Waals surface area contributed by atoms with Crippen molar-refractivity contribution in [1.82, 2.24) is 0 Å². The predicted molar refractivity (Wildman–Crippen MR) is 52.8 cm³/mol. The van der Waals surface area contributed by atoms with Crippen LogP contribution < -0.4 is 0 Å². The van der Waals surface area contributed by atoms with Gasteiger partial charge in [-0.3, -0.25) is 10.1 Å². The molecule has 0 aromatic heterocycles. The largest absolute Gasteiger partial charge is 0.673 e. The fourth-order valence-electron chi connectivity index (χ4n) is 0.819. The van der Waals surface area contributed by atoms with Crippen molar-refractivity contribution < 1.29 is 22.2 Å². The van der Waals surface area contributed by atoms with E-state index in [4.69, 9.17) is 5.39 Å². The summed E-state index contributed by atoms with van der Waals surface area (Å²) in [6, 6.07) is 4.12. The maximum atomic E-state index is 10.3. The van der Waals surface area contributed by atoms with E-state index in [2.05, 4.69) is 4.98 Å². The summed E-state index contributed by atoms with van der Waals surface area (Å²) in [6.45, 7) is 1.71. The van der Waals surface area contributed by atoms with Crippen LogP contribution in [0.4, 0.5) is 28.6 Å². The molecule has 1 aromatic carbocycles. The molecule has 0 radical (unpaired) electrons. The van der Waals surface area contributed by atoms with Crippen LogP contribution in [0.2, 0.25) is 0 Å². The molecule has 0 atom stereocenters. The fraction of sp³-hybridized carbons (Fsp3) is 0.143. The lowest BCUT2D eigenvalue weighted by Crippen LogP contribution is -2.02. The van der Waals surface area contributed by atoms with Gasteiger partial charge in [0, 0.05) is 11.6 Å². The van der Waals surface area contributed by atoms with Crippen molar-refractivity contribution in [1.29, 1.82) is 5.39 Å². The second-order valence-electron chi connectivity index (χ2n) is 2.82. The molecule has 0 aliphatic rings. The normalized spacial score (nSPS) is 9.88. The van der Waals surface area contributed by atoms with Gasteiger partial charge in [-0.2, -0.15) is 0 Å². The number of benzene rings is 1. The van der Waals surface area contributed by atoms with Crippen molar-refractivity contribution in [3.63, 3.8) is 0 Å². The number of halogens is 4. The highest BCUT2D eigenvalue weighted by Crippen LogP contribution is 2.23. The fourth-order valence-corrected chi connectivity index (χ4v) is 0.819. The number of rotatable bonds is 1. The summed E-state index contributed by atoms with van der Waals surface area (Å²) in [5.74, 6) is 0. The van der Waals surface area contributed by atoms with E-state index in [9.17, 15) is 27.4 Å². The molecule has 0 saturated carbocycles. The van der Waals surface area contributed by atoms with Crippen LogP contribution in [-0.2, 0) is 0 Å². The van der Waals surface area contributed by atoms with Crippen molar-refractivity contribution in [2.75, 3.05) is 0 Å². The summed E-state index contributed by atoms with van der Waals surface area (Å²) in [4.78, 5) is 12.6. The summed E-state index contributed by atoms with van der Waals surface area (Å²) in [5, 5.41) is 18.7. The van der Waals surface area contributed by atoms with E-state index in [0.29, 0.717) is 5.56 Å². The molecule has 0 N–H and O–H groups in total. The van der Waals surface area contributed by atoms with Crippen LogP contribution in [0.15, 0.2) is 18.2 Å². The molecule has 5 nitrogen and oxygen atoms in total. The number of aryl methyl sites for hydroxylation is 1. The smallest absolute Gasteiger partial charge is 0.418 e. The monoisotopic (exact) mass is 251 g/mol. The first-order chi connectivity index (χ1) is 7.65. The predicted octanol–water partition coefficient (Wildman–Crippen LogP) is 3.69. The highest BCUT2D eigenvalue weighted by atomic mass is 19.5. The molecule has 10 heteroatoms. The Balaban J connectivity index is 0.000000437. The Morgan fingerprint density at radius 2 is 1.82 bits per heavy atom. The van der Waals surface area contributed by atoms with Crippen molar-refractivity contribution >= 4 is 18.6 Å². The number of nitro benzene ring substituents is 1. The average Bonchev–Trinajstić information content (AvgIpc) is 2.15. The van der Waals surface area contributed by atoms with Gasteiger partial charge in [0.25, 0.3) is 5.69 Å². The second-order valence-corrected chi connectivity index (χ2v) is 2.82. The van der Waals surface area contributed by atoms with Crippen molar-refractivity contribution in [2.45, 2.75) is 6.92 Å². The molecule has 0 saturated heterocycles. The Labute approximate surface area is 92.9 Å². The third-order valence-electron chi connectivity index (χ3n) is 1.51. The molecule has 0 fully saturated rings. The van der Waals surface area contributed by atoms with Gasteiger partial charge in [-0.1, -0.05) is 0 Å². The van der Waals surface area contributed by atoms with Crippen LogP contribution in [0.25, 0.3) is 4.98 Å². The Kier molecular flexibility index (Phi) is 5.05. The number of nitrogens with zero attached hydrogens (tertiary/aromatic N) is 3. The Morgan fingerprint density at radius 1 is 1.35 bits per heavy atom. The molecule has 0 unspecified atom stereocenters. The minimum Gasteiger partial charge on any atom is -0.418 e. The topological polar surface area (TPSA) is 71.3 Å². The zero-order valence-corrected chi connectivity index (χ0v) is 8.48. The number of hydrogen-bond donors (Lipinski definition) is 0. The van der Waals surface area contributed by atoms with Gasteiger partial charge in [0.05, 0.1) is 4.92 Å². The highest BCUT2D eigenvalue weighted by molar-refractivity contribution is 6.50. The van der Waals surface area contributed by atoms with Crippen LogP contribution in [0.5, 0.6) is 0 Å². The zero-order chi connectivity index (χ0) is 13.6. The first-order valence-electron chi connectivity index (χ1n) is 4.12. The average molecular weight is 251 g/mol. The Bertz CT molecular complexity index is 451. The standard InChI is InChI=1S/C7H6N3O2.BF4/c1-5-2-3-6(10(11)12)4-7(5)9-8;2-1(3,4)5/h2-4H,1H3;/q+1;-1. The van der Waals surface area contributed by atoms with E-state index in [-0.39, 0.29) is 11.4 Å². The maximum absolute atomic E-state index is 10.3. The number of nitro groups is 1. The first kappa shape index (κ1) is 14.8. The van der Waals surface area contributed by atoms with E-state index in [1.54, 1.807) is 6.92 Å². The first-order valence-corrected chi connectivity index (χ1v) is 4.12. The second kappa shape index (κ2) is 5.79. The lowest BCUT2D eigenvalue weighted by molar-refractivity contribution is -0.384. The number of diazo groups is 1. The molecule has 0 aliphatic heterocycles. The molecule has 0 aliphatic carbocycles. The third-order valence-corrected chi connectivity index (χ3v) is 1.51. The molecule has 1 aromatic rings. The number of non-ortho nitro benzene ring substituents is 1. The molecule has 1 rings (SSSR count). The molecule has 92 valence electrons. The van der Waals surface area contributed by atoms with Gasteiger partial charge in [0.1, 0.15) is 6.07 Å². The van der Waals surface area contributed by atoms with Gasteiger partial charge in [-0.15, -0.1) is 0 Å². The maximum Gasteiger partial charge on any atom is 0.673 e. The van der Waals surface area contributed by atoms with Gasteiger partial charge in [-0.25, -0.2) is 0 Å². The summed E-state index contributed by atoms with van der Waals surface area (Å²) in [6.07, 6.45) is 0. The molecule has 0 bridgehead atoms. The minimum absolute atomic E-state index is 0.0756. The SMILES string of the molecule is Cc1ccc([N+](=O)[O-])cc1[N+]#N.F[B-](F)(F)F. The van der Waals surface area contributed by atoms with E-state index in [1.165, 1.54) is 18.2 Å². The molecular weight excluding hydrogens is 245 g/mol. The van der Waals surface area contributed by atoms with Gasteiger partial charge in [0.2, 0.25) is 5.39 Å². The van der Waals surface area contributed by atoms with Crippen LogP contribution in [0.3, 0.4) is 0 Å². The number of hydrogen-bond acceptors (Lipinski definition) is 3. The lowest BCUT2D eigenvalue weighted by Gasteiger charge is -1.94. The van der Waals surface area contributed by atoms with Crippen LogP contribution in [-0.4, -0.2) is 12.2 Å². The zero-order valence-electron chi connectivity index (χ0n) is 8.48. The van der Waals surface area contributed by atoms with Crippen LogP contribution in [0, 0.1) is 22.4 Å². The lowest BCUT2D eigenvalue weighted by atomic mass is 10.2. The van der Waals surface area contributed by atoms with Crippen molar-refractivity contribution in [2.24, 2.45) is 0 Å². The van der Waals surface area contributed by atoms with E-state index in [1.807, 2.05) is 0 Å². The molecule has 0 amide bonds. The van der Waals surface area contributed by atoms with Gasteiger partial charge >= 0.3 is 12.9 Å². The van der Waals surface area contributed by atoms with Gasteiger partial charge < -0.3 is 17.3 Å². The summed E-state index contributed by atoms with van der Waals surface area (Å²) >= 11 is 0. The van der Waals surface area contributed by atoms with Crippen molar-refractivity contribution in [3.05, 3.63) is 38.9 Å². The Morgan fingerprint density at radius 3 is 2.18 bits per heavy atom. The van der Waals surface area contributed by atoms with E-state index >= 15 is 0 Å². The van der Waals surface area contributed by atoms with Gasteiger partial charge in [0.15, 0.2) is 4.98 Å². The van der Waals surface area contributed by atoms with E-state index in [0.717, 1.165) is 0 Å². The molecule has 0 spiro atoms. The minimum atomic E-state index is -6.00. The third kappa shape index (κ3) is 6.83. The molecule has 17 heavy (non-hydrogen) atoms. The molecule has 0 heterocycles. The highest BCUT2D eigenvalue weighted by Gasteiger charge is 2.20. The molecular formula is C7H6BF4N3O2. The summed E-state index contributed by atoms with van der Waals surface area (Å²) < 4.78 is 39.0. The van der Waals surface area contributed by atoms with E-state index < -0.39 is 12.2 Å². The van der Waals surface area contributed by atoms with Crippen molar-refractivity contribution in [3.8, 4) is 0 Å². The van der Waals surface area contributed by atoms with Crippen LogP contribution in [0.1, 0.15) is 5.56 Å². The quantitative estimate of drug-likeness (QED) is 0.251. The van der Waals surface area contributed by atoms with Gasteiger partial charge in [-0.05, 0) is 13.0 Å².